The minimum atomic E-state index is -0.323. The van der Waals surface area contributed by atoms with E-state index >= 15 is 0 Å². The van der Waals surface area contributed by atoms with Crippen molar-refractivity contribution in [3.05, 3.63) is 36.3 Å². The molecule has 0 spiro atoms. The first-order valence-electron chi connectivity index (χ1n) is 7.60. The molecule has 1 unspecified atom stereocenters. The molecule has 25 heavy (non-hydrogen) atoms. The van der Waals surface area contributed by atoms with Crippen LogP contribution in [0.5, 0.6) is 11.5 Å². The number of aromatic nitrogens is 4. The van der Waals surface area contributed by atoms with Crippen molar-refractivity contribution in [1.29, 1.82) is 0 Å². The Morgan fingerprint density at radius 2 is 1.96 bits per heavy atom. The van der Waals surface area contributed by atoms with Crippen molar-refractivity contribution in [1.82, 2.24) is 19.7 Å². The minimum absolute atomic E-state index is 0.0124. The number of carbonyl (C=O) groups is 1. The van der Waals surface area contributed by atoms with Gasteiger partial charge in [-0.1, -0.05) is 11.8 Å². The van der Waals surface area contributed by atoms with Gasteiger partial charge in [0, 0.05) is 12.6 Å². The van der Waals surface area contributed by atoms with Crippen molar-refractivity contribution >= 4 is 28.6 Å². The van der Waals surface area contributed by atoms with Gasteiger partial charge in [0.1, 0.15) is 11.4 Å². The molecule has 3 rings (SSSR count). The topological polar surface area (TPSA) is 79.1 Å². The van der Waals surface area contributed by atoms with Crippen LogP contribution in [0.1, 0.15) is 17.3 Å². The fourth-order valence-electron chi connectivity index (χ4n) is 2.48. The Bertz CT molecular complexity index is 925. The average molecular weight is 358 g/mol. The van der Waals surface area contributed by atoms with Crippen LogP contribution in [0.15, 0.2) is 35.7 Å². The number of Topliss-reactive ketones (excluding diaryl/α,β-unsaturated/α-hetero) is 1. The number of methoxy groups -OCH3 is 2. The van der Waals surface area contributed by atoms with Crippen LogP contribution in [0.3, 0.4) is 0 Å². The number of hydrogen-bond acceptors (Lipinski definition) is 7. The maximum absolute atomic E-state index is 12.8. The first-order valence-corrected chi connectivity index (χ1v) is 8.48. The third kappa shape index (κ3) is 3.30. The molecule has 2 aromatic heterocycles. The Balaban J connectivity index is 1.85. The van der Waals surface area contributed by atoms with Crippen molar-refractivity contribution in [2.75, 3.05) is 14.2 Å². The SMILES string of the molecule is COc1ccc(C(=O)C(C)Sc2ncnc3c2cnn3C)cc1OC. The lowest BCUT2D eigenvalue weighted by Gasteiger charge is -2.12. The third-order valence-electron chi connectivity index (χ3n) is 3.82. The molecule has 2 heterocycles. The quantitative estimate of drug-likeness (QED) is 0.381. The van der Waals surface area contributed by atoms with E-state index in [-0.39, 0.29) is 11.0 Å². The zero-order valence-electron chi connectivity index (χ0n) is 14.4. The normalized spacial score (nSPS) is 12.2. The smallest absolute Gasteiger partial charge is 0.176 e. The van der Waals surface area contributed by atoms with Gasteiger partial charge in [0.05, 0.1) is 31.1 Å². The number of thioether (sulfide) groups is 1. The first-order chi connectivity index (χ1) is 12.0. The zero-order chi connectivity index (χ0) is 18.0. The van der Waals surface area contributed by atoms with Gasteiger partial charge in [-0.25, -0.2) is 9.97 Å². The molecule has 1 atom stereocenters. The molecule has 0 saturated carbocycles. The lowest BCUT2D eigenvalue weighted by atomic mass is 10.1. The highest BCUT2D eigenvalue weighted by Gasteiger charge is 2.20. The number of rotatable bonds is 6. The van der Waals surface area contributed by atoms with E-state index in [9.17, 15) is 4.79 Å². The zero-order valence-corrected chi connectivity index (χ0v) is 15.2. The summed E-state index contributed by atoms with van der Waals surface area (Å²) in [5.74, 6) is 1.11. The molecule has 0 bridgehead atoms. The summed E-state index contributed by atoms with van der Waals surface area (Å²) in [7, 11) is 4.93. The summed E-state index contributed by atoms with van der Waals surface area (Å²) in [5.41, 5.74) is 1.30. The second-order valence-corrected chi connectivity index (χ2v) is 6.71. The van der Waals surface area contributed by atoms with E-state index in [1.165, 1.54) is 18.1 Å². The van der Waals surface area contributed by atoms with Crippen LogP contribution in [0, 0.1) is 0 Å². The Labute approximate surface area is 149 Å². The molecule has 1 aromatic carbocycles. The van der Waals surface area contributed by atoms with Crippen LogP contribution in [0.4, 0.5) is 0 Å². The van der Waals surface area contributed by atoms with Gasteiger partial charge in [0.25, 0.3) is 0 Å². The molecule has 0 amide bonds. The van der Waals surface area contributed by atoms with Crippen LogP contribution in [0.2, 0.25) is 0 Å². The van der Waals surface area contributed by atoms with Crippen molar-refractivity contribution < 1.29 is 14.3 Å². The van der Waals surface area contributed by atoms with E-state index < -0.39 is 0 Å². The van der Waals surface area contributed by atoms with Crippen LogP contribution in [-0.4, -0.2) is 45.0 Å². The highest BCUT2D eigenvalue weighted by molar-refractivity contribution is 8.00. The molecule has 130 valence electrons. The molecule has 8 heteroatoms. The molecule has 7 nitrogen and oxygen atoms in total. The highest BCUT2D eigenvalue weighted by Crippen LogP contribution is 2.32. The Hall–Kier alpha value is -2.61. The maximum Gasteiger partial charge on any atom is 0.176 e. The van der Waals surface area contributed by atoms with Crippen molar-refractivity contribution in [2.24, 2.45) is 7.05 Å². The van der Waals surface area contributed by atoms with E-state index in [0.29, 0.717) is 17.1 Å². The van der Waals surface area contributed by atoms with Gasteiger partial charge in [-0.3, -0.25) is 9.48 Å². The molecule has 3 aromatic rings. The Morgan fingerprint density at radius 1 is 1.20 bits per heavy atom. The molecule has 0 N–H and O–H groups in total. The number of fused-ring (bicyclic) bond motifs is 1. The summed E-state index contributed by atoms with van der Waals surface area (Å²) in [6.07, 6.45) is 3.20. The molecule has 0 radical (unpaired) electrons. The number of aryl methyl sites for hydroxylation is 1. The molecule has 0 aliphatic rings. The predicted octanol–water partition coefficient (Wildman–Crippen LogP) is 2.74. The monoisotopic (exact) mass is 358 g/mol. The number of benzene rings is 1. The largest absolute Gasteiger partial charge is 0.493 e. The van der Waals surface area contributed by atoms with Gasteiger partial charge in [-0.15, -0.1) is 0 Å². The number of ether oxygens (including phenoxy) is 2. The highest BCUT2D eigenvalue weighted by atomic mass is 32.2. The summed E-state index contributed by atoms with van der Waals surface area (Å²) in [6, 6.07) is 5.16. The number of ketones is 1. The van der Waals surface area contributed by atoms with Crippen molar-refractivity contribution in [3.8, 4) is 11.5 Å². The minimum Gasteiger partial charge on any atom is -0.493 e. The van der Waals surface area contributed by atoms with E-state index in [1.807, 2.05) is 14.0 Å². The predicted molar refractivity (Wildman–Crippen MR) is 95.5 cm³/mol. The fraction of sp³-hybridized carbons (Fsp3) is 0.294. The summed E-state index contributed by atoms with van der Waals surface area (Å²) >= 11 is 1.39. The molecule has 0 aliphatic heterocycles. The molecule has 0 saturated heterocycles. The van der Waals surface area contributed by atoms with Gasteiger partial charge < -0.3 is 9.47 Å². The first kappa shape index (κ1) is 17.2. The van der Waals surface area contributed by atoms with Crippen molar-refractivity contribution in [2.45, 2.75) is 17.2 Å². The second-order valence-electron chi connectivity index (χ2n) is 5.38. The second kappa shape index (κ2) is 7.10. The van der Waals surface area contributed by atoms with E-state index in [0.717, 1.165) is 16.1 Å². The van der Waals surface area contributed by atoms with Gasteiger partial charge in [-0.2, -0.15) is 5.10 Å². The number of nitrogens with zero attached hydrogens (tertiary/aromatic N) is 4. The summed E-state index contributed by atoms with van der Waals surface area (Å²) in [6.45, 7) is 1.86. The maximum atomic E-state index is 12.8. The fourth-order valence-corrected chi connectivity index (χ4v) is 3.44. The summed E-state index contributed by atoms with van der Waals surface area (Å²) < 4.78 is 12.2. The Kier molecular flexibility index (Phi) is 4.89. The average Bonchev–Trinajstić information content (AvgIpc) is 3.02. The van der Waals surface area contributed by atoms with Crippen LogP contribution in [-0.2, 0) is 7.05 Å². The van der Waals surface area contributed by atoms with Gasteiger partial charge in [-0.05, 0) is 25.1 Å². The summed E-state index contributed by atoms with van der Waals surface area (Å²) in [5, 5.41) is 5.44. The van der Waals surface area contributed by atoms with Crippen molar-refractivity contribution in [3.63, 3.8) is 0 Å². The van der Waals surface area contributed by atoms with Crippen LogP contribution >= 0.6 is 11.8 Å². The lowest BCUT2D eigenvalue weighted by molar-refractivity contribution is 0.0993. The van der Waals surface area contributed by atoms with E-state index in [1.54, 1.807) is 43.3 Å². The van der Waals surface area contributed by atoms with Gasteiger partial charge in [0.15, 0.2) is 22.9 Å². The van der Waals surface area contributed by atoms with Crippen LogP contribution in [0.25, 0.3) is 11.0 Å². The third-order valence-corrected chi connectivity index (χ3v) is 4.93. The molecular formula is C17H18N4O3S. The number of hydrogen-bond donors (Lipinski definition) is 0. The van der Waals surface area contributed by atoms with Crippen LogP contribution < -0.4 is 9.47 Å². The standard InChI is InChI=1S/C17H18N4O3S/c1-10(15(22)11-5-6-13(23-3)14(7-11)24-4)25-17-12-8-20-21(2)16(12)18-9-19-17/h5-10H,1-4H3. The van der Waals surface area contributed by atoms with Gasteiger partial charge >= 0.3 is 0 Å². The lowest BCUT2D eigenvalue weighted by Crippen LogP contribution is -2.14. The molecule has 0 fully saturated rings. The Morgan fingerprint density at radius 3 is 2.68 bits per heavy atom. The molecular weight excluding hydrogens is 340 g/mol. The van der Waals surface area contributed by atoms with E-state index in [4.69, 9.17) is 9.47 Å². The number of carbonyl (C=O) groups excluding carboxylic acids is 1. The molecule has 0 aliphatic carbocycles. The van der Waals surface area contributed by atoms with E-state index in [2.05, 4.69) is 15.1 Å². The van der Waals surface area contributed by atoms with Gasteiger partial charge in [0.2, 0.25) is 0 Å². The summed E-state index contributed by atoms with van der Waals surface area (Å²) in [4.78, 5) is 21.3.